The van der Waals surface area contributed by atoms with E-state index < -0.39 is 5.97 Å². The van der Waals surface area contributed by atoms with Crippen molar-refractivity contribution in [2.75, 3.05) is 13.2 Å². The number of nitrogens with one attached hydrogen (secondary N) is 1. The zero-order chi connectivity index (χ0) is 16.9. The number of ether oxygens (including phenoxy) is 1. The number of fused-ring (bicyclic) bond motifs is 1. The Hall–Kier alpha value is -2.25. The molecule has 0 aliphatic carbocycles. The predicted octanol–water partition coefficient (Wildman–Crippen LogP) is 2.20. The number of thiazole rings is 1. The smallest absolute Gasteiger partial charge is 0.355 e. The van der Waals surface area contributed by atoms with Crippen molar-refractivity contribution < 1.29 is 19.4 Å². The zero-order valence-corrected chi connectivity index (χ0v) is 13.8. The molecule has 1 aliphatic heterocycles. The van der Waals surface area contributed by atoms with Crippen LogP contribution in [0.15, 0.2) is 29.6 Å². The van der Waals surface area contributed by atoms with Gasteiger partial charge in [-0.2, -0.15) is 0 Å². The lowest BCUT2D eigenvalue weighted by Crippen LogP contribution is -2.29. The van der Waals surface area contributed by atoms with Crippen molar-refractivity contribution in [1.82, 2.24) is 10.3 Å². The standard InChI is InChI=1S/C17H18N2O4S/c20-15(18-7-5-16-19-13(10-24-16)17(21)22)9-14-12-4-2-1-3-11(12)6-8-23-14/h1-4,10,14H,5-9H2,(H,18,20)(H,21,22). The topological polar surface area (TPSA) is 88.5 Å². The molecule has 1 unspecified atom stereocenters. The van der Waals surface area contributed by atoms with Crippen molar-refractivity contribution in [2.24, 2.45) is 0 Å². The lowest BCUT2D eigenvalue weighted by Gasteiger charge is -2.25. The van der Waals surface area contributed by atoms with E-state index in [0.29, 0.717) is 24.6 Å². The second kappa shape index (κ2) is 7.55. The van der Waals surface area contributed by atoms with E-state index in [1.807, 2.05) is 18.2 Å². The van der Waals surface area contributed by atoms with Crippen molar-refractivity contribution in [1.29, 1.82) is 0 Å². The van der Waals surface area contributed by atoms with Gasteiger partial charge in [0.1, 0.15) is 0 Å². The lowest BCUT2D eigenvalue weighted by atomic mass is 9.95. The molecule has 0 radical (unpaired) electrons. The van der Waals surface area contributed by atoms with E-state index >= 15 is 0 Å². The minimum Gasteiger partial charge on any atom is -0.476 e. The maximum atomic E-state index is 12.1. The quantitative estimate of drug-likeness (QED) is 0.837. The van der Waals surface area contributed by atoms with E-state index in [1.54, 1.807) is 0 Å². The molecule has 3 rings (SSSR count). The lowest BCUT2D eigenvalue weighted by molar-refractivity contribution is -0.124. The van der Waals surface area contributed by atoms with Gasteiger partial charge in [-0.05, 0) is 17.5 Å². The average molecular weight is 346 g/mol. The van der Waals surface area contributed by atoms with Crippen LogP contribution in [0.25, 0.3) is 0 Å². The van der Waals surface area contributed by atoms with E-state index in [4.69, 9.17) is 9.84 Å². The fourth-order valence-corrected chi connectivity index (χ4v) is 3.49. The van der Waals surface area contributed by atoms with Crippen LogP contribution < -0.4 is 5.32 Å². The van der Waals surface area contributed by atoms with E-state index in [-0.39, 0.29) is 24.1 Å². The number of carboxylic acids is 1. The highest BCUT2D eigenvalue weighted by atomic mass is 32.1. The maximum Gasteiger partial charge on any atom is 0.355 e. The van der Waals surface area contributed by atoms with Crippen LogP contribution >= 0.6 is 11.3 Å². The molecule has 0 saturated heterocycles. The van der Waals surface area contributed by atoms with Crippen LogP contribution in [0.5, 0.6) is 0 Å². The van der Waals surface area contributed by atoms with Gasteiger partial charge in [-0.1, -0.05) is 24.3 Å². The van der Waals surface area contributed by atoms with Gasteiger partial charge in [0, 0.05) is 18.3 Å². The number of aromatic nitrogens is 1. The van der Waals surface area contributed by atoms with Crippen LogP contribution in [-0.2, 0) is 22.4 Å². The van der Waals surface area contributed by atoms with Crippen LogP contribution in [0.1, 0.15) is 39.1 Å². The van der Waals surface area contributed by atoms with Gasteiger partial charge >= 0.3 is 5.97 Å². The molecule has 1 amide bonds. The first-order chi connectivity index (χ1) is 11.6. The number of amides is 1. The number of carboxylic acid groups (broad SMARTS) is 1. The summed E-state index contributed by atoms with van der Waals surface area (Å²) in [4.78, 5) is 26.9. The third kappa shape index (κ3) is 3.98. The third-order valence-electron chi connectivity index (χ3n) is 3.90. The molecule has 24 heavy (non-hydrogen) atoms. The van der Waals surface area contributed by atoms with E-state index in [9.17, 15) is 9.59 Å². The monoisotopic (exact) mass is 346 g/mol. The van der Waals surface area contributed by atoms with Gasteiger partial charge in [0.05, 0.1) is 24.1 Å². The molecule has 1 atom stereocenters. The Morgan fingerprint density at radius 1 is 1.38 bits per heavy atom. The molecule has 2 aromatic rings. The zero-order valence-electron chi connectivity index (χ0n) is 13.0. The number of carbonyl (C=O) groups is 2. The highest BCUT2D eigenvalue weighted by Gasteiger charge is 2.22. The number of hydrogen-bond donors (Lipinski definition) is 2. The molecule has 0 fully saturated rings. The average Bonchev–Trinajstić information content (AvgIpc) is 3.04. The Morgan fingerprint density at radius 3 is 3.00 bits per heavy atom. The Kier molecular flexibility index (Phi) is 5.22. The van der Waals surface area contributed by atoms with E-state index in [2.05, 4.69) is 16.4 Å². The Balaban J connectivity index is 1.49. The fraction of sp³-hybridized carbons (Fsp3) is 0.353. The highest BCUT2D eigenvalue weighted by molar-refractivity contribution is 7.09. The summed E-state index contributed by atoms with van der Waals surface area (Å²) in [5.74, 6) is -1.11. The van der Waals surface area contributed by atoms with E-state index in [0.717, 1.165) is 12.0 Å². The molecule has 7 heteroatoms. The Bertz CT molecular complexity index is 744. The van der Waals surface area contributed by atoms with Crippen molar-refractivity contribution in [3.8, 4) is 0 Å². The summed E-state index contributed by atoms with van der Waals surface area (Å²) in [6, 6.07) is 8.04. The van der Waals surface area contributed by atoms with Crippen LogP contribution in [0.2, 0.25) is 0 Å². The van der Waals surface area contributed by atoms with Crippen molar-refractivity contribution in [3.63, 3.8) is 0 Å². The first-order valence-corrected chi connectivity index (χ1v) is 8.65. The number of rotatable bonds is 6. The molecule has 1 aromatic heterocycles. The van der Waals surface area contributed by atoms with Crippen LogP contribution in [-0.4, -0.2) is 35.1 Å². The number of aromatic carboxylic acids is 1. The second-order valence-corrected chi connectivity index (χ2v) is 6.49. The summed E-state index contributed by atoms with van der Waals surface area (Å²) in [5, 5.41) is 13.9. The van der Waals surface area contributed by atoms with Crippen LogP contribution in [0.4, 0.5) is 0 Å². The normalized spacial score (nSPS) is 16.4. The number of hydrogen-bond acceptors (Lipinski definition) is 5. The van der Waals surface area contributed by atoms with Crippen molar-refractivity contribution in [2.45, 2.75) is 25.4 Å². The van der Waals surface area contributed by atoms with Crippen LogP contribution in [0.3, 0.4) is 0 Å². The summed E-state index contributed by atoms with van der Waals surface area (Å²) in [5.41, 5.74) is 2.38. The van der Waals surface area contributed by atoms with Gasteiger partial charge < -0.3 is 15.2 Å². The van der Waals surface area contributed by atoms with Gasteiger partial charge in [0.25, 0.3) is 0 Å². The predicted molar refractivity (Wildman–Crippen MR) is 89.2 cm³/mol. The summed E-state index contributed by atoms with van der Waals surface area (Å²) in [6.45, 7) is 1.06. The van der Waals surface area contributed by atoms with Gasteiger partial charge in [0.2, 0.25) is 5.91 Å². The molecule has 1 aromatic carbocycles. The molecule has 0 saturated carbocycles. The van der Waals surface area contributed by atoms with Gasteiger partial charge in [-0.15, -0.1) is 11.3 Å². The molecule has 2 heterocycles. The molecule has 126 valence electrons. The maximum absolute atomic E-state index is 12.1. The molecule has 0 bridgehead atoms. The summed E-state index contributed by atoms with van der Waals surface area (Å²) in [6.07, 6.45) is 1.49. The van der Waals surface area contributed by atoms with Gasteiger partial charge in [0.15, 0.2) is 5.69 Å². The van der Waals surface area contributed by atoms with Crippen molar-refractivity contribution in [3.05, 3.63) is 51.5 Å². The number of benzene rings is 1. The molecular weight excluding hydrogens is 328 g/mol. The van der Waals surface area contributed by atoms with E-state index in [1.165, 1.54) is 22.3 Å². The summed E-state index contributed by atoms with van der Waals surface area (Å²) < 4.78 is 5.73. The van der Waals surface area contributed by atoms with Gasteiger partial charge in [-0.3, -0.25) is 4.79 Å². The molecular formula is C17H18N2O4S. The van der Waals surface area contributed by atoms with Crippen molar-refractivity contribution >= 4 is 23.2 Å². The summed E-state index contributed by atoms with van der Waals surface area (Å²) in [7, 11) is 0. The van der Waals surface area contributed by atoms with Crippen LogP contribution in [0, 0.1) is 0 Å². The minimum atomic E-state index is -1.03. The highest BCUT2D eigenvalue weighted by Crippen LogP contribution is 2.29. The second-order valence-electron chi connectivity index (χ2n) is 5.54. The SMILES string of the molecule is O=C(CC1OCCc2ccccc21)NCCc1nc(C(=O)O)cs1. The molecule has 6 nitrogen and oxygen atoms in total. The molecule has 1 aliphatic rings. The summed E-state index contributed by atoms with van der Waals surface area (Å²) >= 11 is 1.29. The molecule has 0 spiro atoms. The fourth-order valence-electron chi connectivity index (χ4n) is 2.72. The number of nitrogens with zero attached hydrogens (tertiary/aromatic N) is 1. The van der Waals surface area contributed by atoms with Gasteiger partial charge in [-0.25, -0.2) is 9.78 Å². The molecule has 2 N–H and O–H groups in total. The first-order valence-electron chi connectivity index (χ1n) is 7.77. The third-order valence-corrected chi connectivity index (χ3v) is 4.80. The Labute approximate surface area is 143 Å². The largest absolute Gasteiger partial charge is 0.476 e. The number of carbonyl (C=O) groups excluding carboxylic acids is 1. The Morgan fingerprint density at radius 2 is 2.21 bits per heavy atom. The minimum absolute atomic E-state index is 0.0496. The first kappa shape index (κ1) is 16.6.